The summed E-state index contributed by atoms with van der Waals surface area (Å²) in [4.78, 5) is 41.8. The normalized spacial score (nSPS) is 24.1. The fraction of sp³-hybridized carbons (Fsp3) is 0.414. The van der Waals surface area contributed by atoms with Crippen LogP contribution < -0.4 is 10.2 Å². The molecule has 0 radical (unpaired) electrons. The summed E-state index contributed by atoms with van der Waals surface area (Å²) in [6.45, 7) is 2.69. The van der Waals surface area contributed by atoms with Crippen LogP contribution >= 0.6 is 0 Å². The third kappa shape index (κ3) is 4.55. The fourth-order valence-electron chi connectivity index (χ4n) is 5.67. The zero-order valence-electron chi connectivity index (χ0n) is 21.0. The van der Waals surface area contributed by atoms with Gasteiger partial charge in [-0.3, -0.25) is 14.4 Å². The number of piperidine rings is 1. The van der Waals surface area contributed by atoms with Crippen molar-refractivity contribution in [1.29, 1.82) is 0 Å². The topological polar surface area (TPSA) is 110 Å². The molecule has 8 heteroatoms. The van der Waals surface area contributed by atoms with Crippen molar-refractivity contribution in [2.24, 2.45) is 5.92 Å². The minimum absolute atomic E-state index is 0.0417. The van der Waals surface area contributed by atoms with Crippen LogP contribution in [0.1, 0.15) is 49.3 Å². The summed E-state index contributed by atoms with van der Waals surface area (Å²) in [5.74, 6) is -1.23. The van der Waals surface area contributed by atoms with Gasteiger partial charge >= 0.3 is 0 Å². The van der Waals surface area contributed by atoms with Gasteiger partial charge in [0.1, 0.15) is 0 Å². The van der Waals surface area contributed by atoms with E-state index in [0.29, 0.717) is 42.9 Å². The first kappa shape index (κ1) is 25.2. The molecule has 0 unspecified atom stereocenters. The number of carbonyl (C=O) groups is 3. The van der Waals surface area contributed by atoms with E-state index in [2.05, 4.69) is 5.32 Å². The number of nitrogens with zero attached hydrogens (tertiary/aromatic N) is 2. The molecule has 8 nitrogen and oxygen atoms in total. The summed E-state index contributed by atoms with van der Waals surface area (Å²) in [5.41, 5.74) is 2.04. The Labute approximate surface area is 216 Å². The van der Waals surface area contributed by atoms with Gasteiger partial charge in [0.25, 0.3) is 5.91 Å². The summed E-state index contributed by atoms with van der Waals surface area (Å²) in [5, 5.41) is 24.2. The Morgan fingerprint density at radius 1 is 1.19 bits per heavy atom. The summed E-state index contributed by atoms with van der Waals surface area (Å²) >= 11 is 0. The van der Waals surface area contributed by atoms with Gasteiger partial charge in [0.05, 0.1) is 12.6 Å². The number of amides is 3. The molecule has 1 saturated heterocycles. The number of anilines is 2. The van der Waals surface area contributed by atoms with Gasteiger partial charge in [-0.05, 0) is 48.6 Å². The van der Waals surface area contributed by atoms with E-state index >= 15 is 0 Å². The molecule has 37 heavy (non-hydrogen) atoms. The molecule has 3 N–H and O–H groups in total. The molecule has 0 bridgehead atoms. The molecule has 5 rings (SSSR count). The molecule has 3 amide bonds. The van der Waals surface area contributed by atoms with Gasteiger partial charge < -0.3 is 25.3 Å². The Hall–Kier alpha value is -3.49. The van der Waals surface area contributed by atoms with E-state index < -0.39 is 17.4 Å². The van der Waals surface area contributed by atoms with Crippen LogP contribution in [0.3, 0.4) is 0 Å². The zero-order valence-corrected chi connectivity index (χ0v) is 21.0. The number of carbonyl (C=O) groups excluding carboxylic acids is 3. The predicted molar refractivity (Wildman–Crippen MR) is 140 cm³/mol. The lowest BCUT2D eigenvalue weighted by molar-refractivity contribution is -0.137. The zero-order chi connectivity index (χ0) is 26.2. The molecule has 3 aliphatic heterocycles. The highest BCUT2D eigenvalue weighted by Crippen LogP contribution is 2.43. The highest BCUT2D eigenvalue weighted by atomic mass is 16.3. The van der Waals surface area contributed by atoms with Crippen molar-refractivity contribution in [3.63, 3.8) is 0 Å². The number of benzene rings is 2. The SMILES string of the molecule is C[C@@H](/C=C/CC(=O)N1Cc2ccccc2C[C@H]1CO)[C@]1(O)C(=O)Nc2ccc(N3CCCCC3=O)cc21. The molecule has 194 valence electrons. The van der Waals surface area contributed by atoms with Crippen LogP contribution in [-0.2, 0) is 33.0 Å². The van der Waals surface area contributed by atoms with E-state index in [0.717, 1.165) is 24.0 Å². The highest BCUT2D eigenvalue weighted by Gasteiger charge is 2.49. The predicted octanol–water partition coefficient (Wildman–Crippen LogP) is 2.87. The second kappa shape index (κ2) is 10.1. The van der Waals surface area contributed by atoms with Gasteiger partial charge in [-0.25, -0.2) is 0 Å². The molecule has 3 heterocycles. The number of fused-ring (bicyclic) bond motifs is 2. The molecule has 0 saturated carbocycles. The molecule has 0 aromatic heterocycles. The van der Waals surface area contributed by atoms with Crippen LogP contribution in [-0.4, -0.2) is 52.0 Å². The van der Waals surface area contributed by atoms with Gasteiger partial charge in [-0.2, -0.15) is 0 Å². The van der Waals surface area contributed by atoms with Crippen LogP contribution in [0.2, 0.25) is 0 Å². The molecule has 3 aliphatic rings. The molecule has 2 aromatic rings. The van der Waals surface area contributed by atoms with E-state index in [1.807, 2.05) is 24.3 Å². The Balaban J connectivity index is 1.31. The summed E-state index contributed by atoms with van der Waals surface area (Å²) in [6, 6.07) is 12.9. The quantitative estimate of drug-likeness (QED) is 0.525. The van der Waals surface area contributed by atoms with E-state index in [4.69, 9.17) is 0 Å². The van der Waals surface area contributed by atoms with E-state index in [9.17, 15) is 24.6 Å². The van der Waals surface area contributed by atoms with Crippen molar-refractivity contribution in [2.75, 3.05) is 23.4 Å². The van der Waals surface area contributed by atoms with Crippen molar-refractivity contribution in [2.45, 2.75) is 57.2 Å². The van der Waals surface area contributed by atoms with Crippen LogP contribution in [0.5, 0.6) is 0 Å². The average Bonchev–Trinajstić information content (AvgIpc) is 3.17. The van der Waals surface area contributed by atoms with Crippen molar-refractivity contribution in [1.82, 2.24) is 4.90 Å². The maximum atomic E-state index is 13.1. The summed E-state index contributed by atoms with van der Waals surface area (Å²) in [6.07, 6.45) is 6.35. The van der Waals surface area contributed by atoms with Gasteiger partial charge in [-0.15, -0.1) is 0 Å². The van der Waals surface area contributed by atoms with Crippen molar-refractivity contribution >= 4 is 29.1 Å². The number of hydrogen-bond acceptors (Lipinski definition) is 5. The van der Waals surface area contributed by atoms with Crippen molar-refractivity contribution < 1.29 is 24.6 Å². The number of nitrogens with one attached hydrogen (secondary N) is 1. The highest BCUT2D eigenvalue weighted by molar-refractivity contribution is 6.06. The van der Waals surface area contributed by atoms with E-state index in [-0.39, 0.29) is 30.9 Å². The van der Waals surface area contributed by atoms with Crippen LogP contribution in [0.25, 0.3) is 0 Å². The number of hydrogen-bond donors (Lipinski definition) is 3. The number of aliphatic hydroxyl groups is 2. The van der Waals surface area contributed by atoms with Gasteiger partial charge in [0.2, 0.25) is 11.8 Å². The van der Waals surface area contributed by atoms with Crippen LogP contribution in [0.4, 0.5) is 11.4 Å². The van der Waals surface area contributed by atoms with Gasteiger partial charge in [-0.1, -0.05) is 43.3 Å². The smallest absolute Gasteiger partial charge is 0.261 e. The first-order chi connectivity index (χ1) is 17.8. The molecular formula is C29H33N3O5. The van der Waals surface area contributed by atoms with E-state index in [1.54, 1.807) is 47.1 Å². The second-order valence-electron chi connectivity index (χ2n) is 10.2. The first-order valence-electron chi connectivity index (χ1n) is 13.0. The average molecular weight is 504 g/mol. The Kier molecular flexibility index (Phi) is 6.88. The largest absolute Gasteiger partial charge is 0.394 e. The van der Waals surface area contributed by atoms with Crippen LogP contribution in [0, 0.1) is 5.92 Å². The van der Waals surface area contributed by atoms with Crippen molar-refractivity contribution in [3.8, 4) is 0 Å². The maximum Gasteiger partial charge on any atom is 0.261 e. The third-order valence-corrected chi connectivity index (χ3v) is 7.91. The lowest BCUT2D eigenvalue weighted by atomic mass is 9.82. The molecule has 0 spiro atoms. The molecule has 1 fully saturated rings. The monoisotopic (exact) mass is 503 g/mol. The van der Waals surface area contributed by atoms with Gasteiger partial charge in [0, 0.05) is 48.8 Å². The minimum Gasteiger partial charge on any atom is -0.394 e. The Morgan fingerprint density at radius 2 is 1.97 bits per heavy atom. The summed E-state index contributed by atoms with van der Waals surface area (Å²) < 4.78 is 0. The van der Waals surface area contributed by atoms with Crippen molar-refractivity contribution in [3.05, 3.63) is 71.3 Å². The Morgan fingerprint density at radius 3 is 2.73 bits per heavy atom. The third-order valence-electron chi connectivity index (χ3n) is 7.91. The number of aliphatic hydroxyl groups excluding tert-OH is 1. The summed E-state index contributed by atoms with van der Waals surface area (Å²) in [7, 11) is 0. The molecular weight excluding hydrogens is 470 g/mol. The van der Waals surface area contributed by atoms with Gasteiger partial charge in [0.15, 0.2) is 5.60 Å². The van der Waals surface area contributed by atoms with Crippen LogP contribution in [0.15, 0.2) is 54.6 Å². The standard InChI is InChI=1S/C29H33N3O5/c1-19(7-6-11-27(35)32-17-21-9-3-2-8-20(21)15-23(32)18-33)29(37)24-16-22(12-13-25(24)30-28(29)36)31-14-5-4-10-26(31)34/h2-3,6-9,12-13,16,19,23,33,37H,4-5,10-11,14-15,17-18H2,1H3,(H,30,36)/b7-6+/t19-,23-,29+/m0/s1. The fourth-order valence-corrected chi connectivity index (χ4v) is 5.67. The second-order valence-corrected chi connectivity index (χ2v) is 10.2. The Bertz CT molecular complexity index is 1260. The molecule has 0 aliphatic carbocycles. The minimum atomic E-state index is -1.82. The van der Waals surface area contributed by atoms with E-state index in [1.165, 1.54) is 0 Å². The first-order valence-corrected chi connectivity index (χ1v) is 13.0. The maximum absolute atomic E-state index is 13.1. The molecule has 3 atom stereocenters. The number of rotatable bonds is 6. The lowest BCUT2D eigenvalue weighted by Gasteiger charge is -2.36. The molecule has 2 aromatic carbocycles. The lowest BCUT2D eigenvalue weighted by Crippen LogP contribution is -2.46.